The van der Waals surface area contributed by atoms with Gasteiger partial charge in [0.2, 0.25) is 0 Å². The normalized spacial score (nSPS) is 35.2. The molecule has 0 aromatic heterocycles. The van der Waals surface area contributed by atoms with Crippen molar-refractivity contribution >= 4 is 0 Å². The minimum Gasteiger partial charge on any atom is -0.328 e. The monoisotopic (exact) mass is 299 g/mol. The molecule has 0 spiro atoms. The average molecular weight is 299 g/mol. The van der Waals surface area contributed by atoms with Crippen LogP contribution < -0.4 is 5.73 Å². The third-order valence-electron chi connectivity index (χ3n) is 5.46. The van der Waals surface area contributed by atoms with Crippen LogP contribution in [0, 0.1) is 51.7 Å². The average Bonchev–Trinajstić information content (AvgIpc) is 2.46. The SMILES string of the molecule is CC1(C)CC(/C=C/C2CCC(N)CC2)CC(C(C#N)C#N)C1. The third-order valence-corrected chi connectivity index (χ3v) is 5.46. The molecule has 0 aromatic rings. The predicted molar refractivity (Wildman–Crippen MR) is 88.4 cm³/mol. The zero-order chi connectivity index (χ0) is 16.2. The lowest BCUT2D eigenvalue weighted by Crippen LogP contribution is -2.31. The number of hydrogen-bond acceptors (Lipinski definition) is 3. The molecular weight excluding hydrogens is 270 g/mol. The van der Waals surface area contributed by atoms with Crippen molar-refractivity contribution in [3.05, 3.63) is 12.2 Å². The zero-order valence-electron chi connectivity index (χ0n) is 14.0. The van der Waals surface area contributed by atoms with Crippen LogP contribution in [0.25, 0.3) is 0 Å². The van der Waals surface area contributed by atoms with E-state index in [1.165, 1.54) is 12.8 Å². The molecule has 0 radical (unpaired) electrons. The summed E-state index contributed by atoms with van der Waals surface area (Å²) in [5.74, 6) is 0.941. The van der Waals surface area contributed by atoms with E-state index < -0.39 is 5.92 Å². The maximum absolute atomic E-state index is 9.19. The van der Waals surface area contributed by atoms with Gasteiger partial charge in [0.15, 0.2) is 0 Å². The summed E-state index contributed by atoms with van der Waals surface area (Å²) >= 11 is 0. The van der Waals surface area contributed by atoms with Crippen LogP contribution in [0.1, 0.15) is 58.8 Å². The Balaban J connectivity index is 1.98. The zero-order valence-corrected chi connectivity index (χ0v) is 14.0. The van der Waals surface area contributed by atoms with Gasteiger partial charge in [0.05, 0.1) is 12.1 Å². The highest BCUT2D eigenvalue weighted by atomic mass is 14.6. The van der Waals surface area contributed by atoms with Crippen LogP contribution in [0.5, 0.6) is 0 Å². The summed E-state index contributed by atoms with van der Waals surface area (Å²) in [5, 5.41) is 18.4. The fraction of sp³-hybridized carbons (Fsp3) is 0.789. The van der Waals surface area contributed by atoms with Gasteiger partial charge in [-0.3, -0.25) is 0 Å². The van der Waals surface area contributed by atoms with Crippen molar-refractivity contribution in [2.24, 2.45) is 34.8 Å². The first-order valence-corrected chi connectivity index (χ1v) is 8.66. The van der Waals surface area contributed by atoms with Gasteiger partial charge in [0.1, 0.15) is 5.92 Å². The molecule has 2 unspecified atom stereocenters. The Morgan fingerprint density at radius 3 is 2.18 bits per heavy atom. The molecule has 3 nitrogen and oxygen atoms in total. The van der Waals surface area contributed by atoms with Crippen LogP contribution in [0.4, 0.5) is 0 Å². The predicted octanol–water partition coefficient (Wildman–Crippen LogP) is 4.17. The second-order valence-corrected chi connectivity index (χ2v) is 8.12. The molecule has 120 valence electrons. The van der Waals surface area contributed by atoms with E-state index >= 15 is 0 Å². The molecular formula is C19H29N3. The maximum Gasteiger partial charge on any atom is 0.136 e. The topological polar surface area (TPSA) is 73.6 Å². The summed E-state index contributed by atoms with van der Waals surface area (Å²) < 4.78 is 0. The van der Waals surface area contributed by atoms with Gasteiger partial charge in [-0.15, -0.1) is 0 Å². The van der Waals surface area contributed by atoms with E-state index in [-0.39, 0.29) is 11.3 Å². The highest BCUT2D eigenvalue weighted by Gasteiger charge is 2.37. The second kappa shape index (κ2) is 7.30. The molecule has 0 aliphatic heterocycles. The van der Waals surface area contributed by atoms with Crippen molar-refractivity contribution < 1.29 is 0 Å². The van der Waals surface area contributed by atoms with E-state index in [4.69, 9.17) is 5.73 Å². The molecule has 2 fully saturated rings. The number of nitrogens with zero attached hydrogens (tertiary/aromatic N) is 2. The van der Waals surface area contributed by atoms with Crippen molar-refractivity contribution in [2.75, 3.05) is 0 Å². The summed E-state index contributed by atoms with van der Waals surface area (Å²) in [6.07, 6.45) is 12.6. The van der Waals surface area contributed by atoms with Gasteiger partial charge < -0.3 is 5.73 Å². The first-order valence-electron chi connectivity index (χ1n) is 8.66. The summed E-state index contributed by atoms with van der Waals surface area (Å²) in [5.41, 5.74) is 6.19. The van der Waals surface area contributed by atoms with Crippen molar-refractivity contribution in [1.29, 1.82) is 10.5 Å². The molecule has 2 N–H and O–H groups in total. The van der Waals surface area contributed by atoms with E-state index in [0.29, 0.717) is 17.9 Å². The van der Waals surface area contributed by atoms with Crippen LogP contribution in [0.3, 0.4) is 0 Å². The van der Waals surface area contributed by atoms with Crippen molar-refractivity contribution in [2.45, 2.75) is 64.8 Å². The van der Waals surface area contributed by atoms with Gasteiger partial charge in [0, 0.05) is 6.04 Å². The molecule has 22 heavy (non-hydrogen) atoms. The van der Waals surface area contributed by atoms with E-state index in [2.05, 4.69) is 38.1 Å². The summed E-state index contributed by atoms with van der Waals surface area (Å²) in [7, 11) is 0. The Bertz CT molecular complexity index is 458. The highest BCUT2D eigenvalue weighted by molar-refractivity contribution is 5.07. The van der Waals surface area contributed by atoms with Crippen LogP contribution >= 0.6 is 0 Å². The Labute approximate surface area is 135 Å². The van der Waals surface area contributed by atoms with E-state index in [1.807, 2.05) is 0 Å². The number of rotatable bonds is 3. The highest BCUT2D eigenvalue weighted by Crippen LogP contribution is 2.45. The fourth-order valence-corrected chi connectivity index (χ4v) is 4.35. The maximum atomic E-state index is 9.19. The molecule has 3 heteroatoms. The molecule has 0 aromatic carbocycles. The molecule has 2 rings (SSSR count). The third kappa shape index (κ3) is 4.59. The smallest absolute Gasteiger partial charge is 0.136 e. The minimum absolute atomic E-state index is 0.216. The molecule has 2 atom stereocenters. The Hall–Kier alpha value is -1.32. The van der Waals surface area contributed by atoms with Gasteiger partial charge in [-0.1, -0.05) is 26.0 Å². The largest absolute Gasteiger partial charge is 0.328 e. The van der Waals surface area contributed by atoms with Crippen LogP contribution in [-0.2, 0) is 0 Å². The lowest BCUT2D eigenvalue weighted by Gasteiger charge is -2.39. The lowest BCUT2D eigenvalue weighted by molar-refractivity contribution is 0.133. The standard InChI is InChI=1S/C19H29N3/c1-19(2)10-15(9-16(11-19)17(12-20)13-21)4-3-14-5-7-18(22)8-6-14/h3-4,14-18H,5-11,22H2,1-2H3/b4-3+. The molecule has 0 heterocycles. The molecule has 0 bridgehead atoms. The molecule has 2 saturated carbocycles. The molecule has 2 aliphatic rings. The fourth-order valence-electron chi connectivity index (χ4n) is 4.35. The van der Waals surface area contributed by atoms with E-state index in [1.54, 1.807) is 0 Å². The quantitative estimate of drug-likeness (QED) is 0.795. The Kier molecular flexibility index (Phi) is 5.65. The van der Waals surface area contributed by atoms with E-state index in [9.17, 15) is 10.5 Å². The van der Waals surface area contributed by atoms with Crippen LogP contribution in [-0.4, -0.2) is 6.04 Å². The number of allylic oxidation sites excluding steroid dienone is 2. The lowest BCUT2D eigenvalue weighted by atomic mass is 9.64. The van der Waals surface area contributed by atoms with Gasteiger partial charge in [-0.05, 0) is 68.1 Å². The van der Waals surface area contributed by atoms with Gasteiger partial charge in [-0.2, -0.15) is 10.5 Å². The summed E-state index contributed by atoms with van der Waals surface area (Å²) in [6.45, 7) is 4.54. The van der Waals surface area contributed by atoms with Gasteiger partial charge in [0.25, 0.3) is 0 Å². The van der Waals surface area contributed by atoms with Gasteiger partial charge in [-0.25, -0.2) is 0 Å². The number of hydrogen-bond donors (Lipinski definition) is 1. The summed E-state index contributed by atoms with van der Waals surface area (Å²) in [4.78, 5) is 0. The first-order chi connectivity index (χ1) is 10.4. The van der Waals surface area contributed by atoms with Crippen molar-refractivity contribution in [3.63, 3.8) is 0 Å². The second-order valence-electron chi connectivity index (χ2n) is 8.12. The van der Waals surface area contributed by atoms with E-state index in [0.717, 1.165) is 32.1 Å². The number of nitrogens with two attached hydrogens (primary N) is 1. The molecule has 0 saturated heterocycles. The Morgan fingerprint density at radius 2 is 1.59 bits per heavy atom. The van der Waals surface area contributed by atoms with Crippen molar-refractivity contribution in [1.82, 2.24) is 0 Å². The molecule has 0 amide bonds. The molecule has 2 aliphatic carbocycles. The Morgan fingerprint density at radius 1 is 1.00 bits per heavy atom. The first kappa shape index (κ1) is 17.0. The minimum atomic E-state index is -0.455. The summed E-state index contributed by atoms with van der Waals surface area (Å²) in [6, 6.07) is 4.78. The van der Waals surface area contributed by atoms with Gasteiger partial charge >= 0.3 is 0 Å². The number of nitriles is 2. The van der Waals surface area contributed by atoms with Crippen LogP contribution in [0.2, 0.25) is 0 Å². The van der Waals surface area contributed by atoms with Crippen LogP contribution in [0.15, 0.2) is 12.2 Å². The van der Waals surface area contributed by atoms with Crippen molar-refractivity contribution in [3.8, 4) is 12.1 Å².